The summed E-state index contributed by atoms with van der Waals surface area (Å²) in [5.74, 6) is 0.181. The van der Waals surface area contributed by atoms with Crippen LogP contribution in [0, 0.1) is 0 Å². The van der Waals surface area contributed by atoms with E-state index in [4.69, 9.17) is 17.9 Å². The lowest BCUT2D eigenvalue weighted by atomic mass is 9.80. The largest absolute Gasteiger partial charge is 0.536 e. The van der Waals surface area contributed by atoms with Gasteiger partial charge in [0.15, 0.2) is 0 Å². The SMILES string of the molecule is CCCCOP(=O)(OCCCC)OP(=O)(O)Oc1cccc2c1-c1ccccc1-2. The predicted octanol–water partition coefficient (Wildman–Crippen LogP) is 6.57. The molecule has 0 amide bonds. The molecule has 0 aliphatic heterocycles. The molecular weight excluding hydrogens is 414 g/mol. The maximum Gasteiger partial charge on any atom is 0.536 e. The van der Waals surface area contributed by atoms with Gasteiger partial charge in [-0.2, -0.15) is 4.31 Å². The van der Waals surface area contributed by atoms with E-state index in [-0.39, 0.29) is 19.0 Å². The molecule has 1 aliphatic rings. The molecule has 0 radical (unpaired) electrons. The van der Waals surface area contributed by atoms with E-state index >= 15 is 0 Å². The van der Waals surface area contributed by atoms with Crippen LogP contribution in [0.3, 0.4) is 0 Å². The van der Waals surface area contributed by atoms with Crippen molar-refractivity contribution in [2.24, 2.45) is 0 Å². The molecule has 1 aliphatic carbocycles. The molecule has 7 nitrogen and oxygen atoms in total. The van der Waals surface area contributed by atoms with Crippen LogP contribution >= 0.6 is 15.6 Å². The molecule has 0 saturated carbocycles. The van der Waals surface area contributed by atoms with E-state index in [1.807, 2.05) is 44.2 Å². The molecule has 1 N–H and O–H groups in total. The molecule has 9 heteroatoms. The topological polar surface area (TPSA) is 91.3 Å². The number of fused-ring (bicyclic) bond motifs is 4. The lowest BCUT2D eigenvalue weighted by Crippen LogP contribution is -2.06. The molecule has 0 spiro atoms. The Morgan fingerprint density at radius 3 is 2.03 bits per heavy atom. The van der Waals surface area contributed by atoms with Gasteiger partial charge < -0.3 is 4.52 Å². The average Bonchev–Trinajstić information content (AvgIpc) is 2.65. The monoisotopic (exact) mass is 440 g/mol. The number of rotatable bonds is 12. The Morgan fingerprint density at radius 1 is 0.828 bits per heavy atom. The van der Waals surface area contributed by atoms with Crippen molar-refractivity contribution >= 4 is 15.6 Å². The number of unbranched alkanes of at least 4 members (excludes halogenated alkanes) is 2. The first kappa shape index (κ1) is 22.2. The van der Waals surface area contributed by atoms with E-state index in [1.165, 1.54) is 0 Å². The molecular formula is C20H26O7P2. The predicted molar refractivity (Wildman–Crippen MR) is 112 cm³/mol. The zero-order valence-corrected chi connectivity index (χ0v) is 18.4. The van der Waals surface area contributed by atoms with Gasteiger partial charge in [0.25, 0.3) is 0 Å². The minimum Gasteiger partial charge on any atom is -0.403 e. The molecule has 1 atom stereocenters. The molecule has 0 saturated heterocycles. The highest BCUT2D eigenvalue weighted by atomic mass is 31.3. The maximum absolute atomic E-state index is 12.9. The van der Waals surface area contributed by atoms with Crippen molar-refractivity contribution in [1.82, 2.24) is 0 Å². The highest BCUT2D eigenvalue weighted by Crippen LogP contribution is 2.64. The third-order valence-electron chi connectivity index (χ3n) is 4.42. The molecule has 0 heterocycles. The third kappa shape index (κ3) is 5.37. The number of benzene rings is 2. The van der Waals surface area contributed by atoms with Crippen LogP contribution < -0.4 is 4.52 Å². The van der Waals surface area contributed by atoms with Crippen LogP contribution in [0.15, 0.2) is 42.5 Å². The number of phosphoric ester groups is 2. The second kappa shape index (κ2) is 9.57. The van der Waals surface area contributed by atoms with Gasteiger partial charge in [0.1, 0.15) is 5.75 Å². The summed E-state index contributed by atoms with van der Waals surface area (Å²) in [6.45, 7) is 4.07. The third-order valence-corrected chi connectivity index (χ3v) is 7.47. The molecule has 3 rings (SSSR count). The summed E-state index contributed by atoms with van der Waals surface area (Å²) in [5, 5.41) is 0. The summed E-state index contributed by atoms with van der Waals surface area (Å²) >= 11 is 0. The van der Waals surface area contributed by atoms with Crippen molar-refractivity contribution < 1.29 is 31.9 Å². The van der Waals surface area contributed by atoms with Crippen molar-refractivity contribution in [3.63, 3.8) is 0 Å². The molecule has 29 heavy (non-hydrogen) atoms. The van der Waals surface area contributed by atoms with Crippen molar-refractivity contribution in [3.8, 4) is 28.0 Å². The van der Waals surface area contributed by atoms with E-state index in [0.29, 0.717) is 12.8 Å². The normalized spacial score (nSPS) is 14.4. The van der Waals surface area contributed by atoms with Crippen LogP contribution in [0.25, 0.3) is 22.3 Å². The second-order valence-electron chi connectivity index (χ2n) is 6.69. The summed E-state index contributed by atoms with van der Waals surface area (Å²) in [6.07, 6.45) is 2.84. The quantitative estimate of drug-likeness (QED) is 0.251. The summed E-state index contributed by atoms with van der Waals surface area (Å²) in [4.78, 5) is 10.3. The first-order chi connectivity index (χ1) is 13.9. The molecule has 2 aromatic carbocycles. The fourth-order valence-electron chi connectivity index (χ4n) is 2.98. The Balaban J connectivity index is 1.76. The van der Waals surface area contributed by atoms with E-state index < -0.39 is 15.6 Å². The van der Waals surface area contributed by atoms with Crippen LogP contribution in [-0.2, 0) is 22.5 Å². The van der Waals surface area contributed by atoms with Crippen molar-refractivity contribution in [3.05, 3.63) is 42.5 Å². The Morgan fingerprint density at radius 2 is 1.41 bits per heavy atom. The van der Waals surface area contributed by atoms with E-state index in [9.17, 15) is 14.0 Å². The minimum atomic E-state index is -4.77. The zero-order chi connectivity index (χ0) is 20.9. The number of hydrogen-bond donors (Lipinski definition) is 1. The van der Waals surface area contributed by atoms with Gasteiger partial charge in [0.2, 0.25) is 0 Å². The number of hydrogen-bond acceptors (Lipinski definition) is 6. The molecule has 0 fully saturated rings. The highest BCUT2D eigenvalue weighted by Gasteiger charge is 2.40. The smallest absolute Gasteiger partial charge is 0.403 e. The van der Waals surface area contributed by atoms with E-state index in [2.05, 4.69) is 0 Å². The Hall–Kier alpha value is -1.46. The molecule has 0 bridgehead atoms. The fraction of sp³-hybridized carbons (Fsp3) is 0.400. The summed E-state index contributed by atoms with van der Waals surface area (Å²) in [5.41, 5.74) is 3.59. The van der Waals surface area contributed by atoms with Crippen molar-refractivity contribution in [1.29, 1.82) is 0 Å². The molecule has 2 aromatic rings. The van der Waals surface area contributed by atoms with E-state index in [0.717, 1.165) is 35.1 Å². The zero-order valence-electron chi connectivity index (χ0n) is 16.6. The van der Waals surface area contributed by atoms with Crippen LogP contribution in [-0.4, -0.2) is 18.1 Å². The van der Waals surface area contributed by atoms with Gasteiger partial charge in [0.05, 0.1) is 13.2 Å². The lowest BCUT2D eigenvalue weighted by molar-refractivity contribution is 0.138. The van der Waals surface area contributed by atoms with Gasteiger partial charge in [-0.15, -0.1) is 0 Å². The average molecular weight is 440 g/mol. The summed E-state index contributed by atoms with van der Waals surface area (Å²) < 4.78 is 46.1. The minimum absolute atomic E-state index is 0.0913. The standard InChI is InChI=1S/C20H26O7P2/c1-3-5-14-24-29(23,25-15-6-4-2)27-28(21,22)26-19-13-9-12-18-16-10-7-8-11-17(16)20(18)19/h7-13H,3-6,14-15H2,1-2H3,(H,21,22). The Bertz CT molecular complexity index is 930. The highest BCUT2D eigenvalue weighted by molar-refractivity contribution is 7.61. The lowest BCUT2D eigenvalue weighted by Gasteiger charge is -2.27. The maximum atomic E-state index is 12.9. The van der Waals surface area contributed by atoms with E-state index in [1.54, 1.807) is 12.1 Å². The Labute approximate surface area is 171 Å². The fourth-order valence-corrected chi connectivity index (χ4v) is 5.68. The molecule has 158 valence electrons. The van der Waals surface area contributed by atoms with Gasteiger partial charge in [-0.3, -0.25) is 13.9 Å². The van der Waals surface area contributed by atoms with Gasteiger partial charge in [-0.05, 0) is 35.6 Å². The van der Waals surface area contributed by atoms with Crippen LogP contribution in [0.4, 0.5) is 0 Å². The van der Waals surface area contributed by atoms with Gasteiger partial charge in [-0.1, -0.05) is 63.1 Å². The van der Waals surface area contributed by atoms with Gasteiger partial charge in [0, 0.05) is 5.56 Å². The van der Waals surface area contributed by atoms with Gasteiger partial charge >= 0.3 is 15.6 Å². The number of phosphoric acid groups is 2. The summed E-state index contributed by atoms with van der Waals surface area (Å²) in [6, 6.07) is 12.9. The molecule has 1 unspecified atom stereocenters. The van der Waals surface area contributed by atoms with Crippen LogP contribution in [0.2, 0.25) is 0 Å². The summed E-state index contributed by atoms with van der Waals surface area (Å²) in [7, 11) is -9.02. The van der Waals surface area contributed by atoms with Crippen molar-refractivity contribution in [2.45, 2.75) is 39.5 Å². The van der Waals surface area contributed by atoms with Crippen molar-refractivity contribution in [2.75, 3.05) is 13.2 Å². The molecule has 0 aromatic heterocycles. The first-order valence-corrected chi connectivity index (χ1v) is 12.7. The van der Waals surface area contributed by atoms with Crippen LogP contribution in [0.1, 0.15) is 39.5 Å². The van der Waals surface area contributed by atoms with Crippen LogP contribution in [0.5, 0.6) is 5.75 Å². The first-order valence-electron chi connectivity index (χ1n) is 9.75. The second-order valence-corrected chi connectivity index (χ2v) is 9.87. The van der Waals surface area contributed by atoms with Gasteiger partial charge in [-0.25, -0.2) is 9.13 Å². The Kier molecular flexibility index (Phi) is 7.33.